The average molecular weight is 153 g/mol. The van der Waals surface area contributed by atoms with Crippen molar-refractivity contribution in [1.29, 1.82) is 0 Å². The second-order valence-electron chi connectivity index (χ2n) is 2.62. The van der Waals surface area contributed by atoms with E-state index < -0.39 is 4.65 Å². The summed E-state index contributed by atoms with van der Waals surface area (Å²) in [5, 5.41) is 14.0. The largest absolute Gasteiger partial charge is 0.624 e. The van der Waals surface area contributed by atoms with Crippen LogP contribution in [-0.2, 0) is 4.79 Å². The molecule has 2 rings (SSSR count). The molecule has 2 aliphatic heterocycles. The lowest BCUT2D eigenvalue weighted by molar-refractivity contribution is -0.770. The molecule has 2 heterocycles. The van der Waals surface area contributed by atoms with Gasteiger partial charge in [-0.1, -0.05) is 0 Å². The molecule has 0 radical (unpaired) electrons. The van der Waals surface area contributed by atoms with E-state index in [9.17, 15) is 10.0 Å². The summed E-state index contributed by atoms with van der Waals surface area (Å²) in [6, 6.07) is 0. The van der Waals surface area contributed by atoms with Crippen LogP contribution in [-0.4, -0.2) is 29.6 Å². The topological polar surface area (TPSA) is 64.5 Å². The number of rotatable bonds is 0. The summed E-state index contributed by atoms with van der Waals surface area (Å²) in [4.78, 5) is 14.6. The molecule has 1 fully saturated rings. The number of hydroxylamine groups is 3. The Morgan fingerprint density at radius 1 is 1.73 bits per heavy atom. The SMILES string of the molecule is O=C1C[N@@+]2([O-])CC=CN=C2N1. The van der Waals surface area contributed by atoms with Gasteiger partial charge in [0.05, 0.1) is 0 Å². The molecular formula is C6H7N3O2. The molecule has 0 spiro atoms. The fourth-order valence-corrected chi connectivity index (χ4v) is 1.20. The number of carbonyl (C=O) groups excluding carboxylic acids is 1. The van der Waals surface area contributed by atoms with Crippen LogP contribution in [0.1, 0.15) is 0 Å². The fraction of sp³-hybridized carbons (Fsp3) is 0.333. The number of fused-ring (bicyclic) bond motifs is 1. The van der Waals surface area contributed by atoms with E-state index >= 15 is 0 Å². The molecule has 1 atom stereocenters. The number of hydrogen-bond acceptors (Lipinski definition) is 3. The number of carbonyl (C=O) groups is 1. The molecule has 11 heavy (non-hydrogen) atoms. The molecule has 0 unspecified atom stereocenters. The highest BCUT2D eigenvalue weighted by Crippen LogP contribution is 2.14. The minimum Gasteiger partial charge on any atom is -0.624 e. The van der Waals surface area contributed by atoms with Gasteiger partial charge in [-0.3, -0.25) is 14.8 Å². The first kappa shape index (κ1) is 6.51. The summed E-state index contributed by atoms with van der Waals surface area (Å²) in [7, 11) is 0. The zero-order chi connectivity index (χ0) is 7.90. The number of hydrogen-bond donors (Lipinski definition) is 1. The zero-order valence-corrected chi connectivity index (χ0v) is 5.78. The van der Waals surface area contributed by atoms with Crippen LogP contribution in [0.5, 0.6) is 0 Å². The van der Waals surface area contributed by atoms with Gasteiger partial charge in [0.25, 0.3) is 5.91 Å². The van der Waals surface area contributed by atoms with Gasteiger partial charge < -0.3 is 5.21 Å². The van der Waals surface area contributed by atoms with Gasteiger partial charge in [0.15, 0.2) is 6.54 Å². The first-order chi connectivity index (χ1) is 5.21. The van der Waals surface area contributed by atoms with Gasteiger partial charge in [0.1, 0.15) is 6.54 Å². The molecule has 0 saturated carbocycles. The first-order valence-electron chi connectivity index (χ1n) is 3.32. The Bertz CT molecular complexity index is 271. The van der Waals surface area contributed by atoms with Crippen LogP contribution in [0.4, 0.5) is 0 Å². The van der Waals surface area contributed by atoms with Gasteiger partial charge >= 0.3 is 5.96 Å². The van der Waals surface area contributed by atoms with Gasteiger partial charge in [-0.15, -0.1) is 0 Å². The summed E-state index contributed by atoms with van der Waals surface area (Å²) in [5.41, 5.74) is 0. The standard InChI is InChI=1S/C6H7N3O2/c10-5-4-9(11)3-1-2-7-6(9)8-5/h1-2H,3-4H2,(H,7,8,10)/t9-/m0/s1. The van der Waals surface area contributed by atoms with E-state index in [2.05, 4.69) is 10.3 Å². The monoisotopic (exact) mass is 153 g/mol. The molecule has 1 N–H and O–H groups in total. The number of guanidine groups is 1. The second kappa shape index (κ2) is 1.90. The molecule has 0 bridgehead atoms. The van der Waals surface area contributed by atoms with Crippen molar-refractivity contribution in [3.05, 3.63) is 17.5 Å². The smallest absolute Gasteiger partial charge is 0.309 e. The minimum atomic E-state index is -0.644. The number of amides is 1. The van der Waals surface area contributed by atoms with Crippen molar-refractivity contribution in [1.82, 2.24) is 5.32 Å². The first-order valence-corrected chi connectivity index (χ1v) is 3.32. The van der Waals surface area contributed by atoms with E-state index in [1.165, 1.54) is 6.20 Å². The summed E-state index contributed by atoms with van der Waals surface area (Å²) in [5.74, 6) is -0.0278. The molecular weight excluding hydrogens is 146 g/mol. The van der Waals surface area contributed by atoms with Crippen molar-refractivity contribution in [2.24, 2.45) is 4.99 Å². The van der Waals surface area contributed by atoms with Crippen LogP contribution in [0, 0.1) is 5.21 Å². The van der Waals surface area contributed by atoms with Crippen molar-refractivity contribution in [3.8, 4) is 0 Å². The predicted octanol–water partition coefficient (Wildman–Crippen LogP) is -0.686. The molecule has 0 aromatic heterocycles. The minimum absolute atomic E-state index is 0.0385. The normalized spacial score (nSPS) is 34.6. The Morgan fingerprint density at radius 3 is 3.27 bits per heavy atom. The van der Waals surface area contributed by atoms with Crippen LogP contribution in [0.3, 0.4) is 0 Å². The van der Waals surface area contributed by atoms with Crippen molar-refractivity contribution in [3.63, 3.8) is 0 Å². The van der Waals surface area contributed by atoms with E-state index in [-0.39, 0.29) is 18.4 Å². The van der Waals surface area contributed by atoms with Gasteiger partial charge in [-0.25, -0.2) is 0 Å². The summed E-state index contributed by atoms with van der Waals surface area (Å²) >= 11 is 0. The Hall–Kier alpha value is -1.20. The third-order valence-corrected chi connectivity index (χ3v) is 1.74. The van der Waals surface area contributed by atoms with E-state index in [0.29, 0.717) is 6.54 Å². The quantitative estimate of drug-likeness (QED) is 0.370. The Balaban J connectivity index is 2.37. The number of quaternary nitrogens is 1. The average Bonchev–Trinajstić information content (AvgIpc) is 2.22. The third kappa shape index (κ3) is 0.856. The summed E-state index contributed by atoms with van der Waals surface area (Å²) < 4.78 is -0.644. The Kier molecular flexibility index (Phi) is 1.12. The lowest BCUT2D eigenvalue weighted by atomic mass is 10.4. The zero-order valence-electron chi connectivity index (χ0n) is 5.78. The highest BCUT2D eigenvalue weighted by molar-refractivity contribution is 6.00. The second-order valence-corrected chi connectivity index (χ2v) is 2.62. The maximum absolute atomic E-state index is 11.6. The van der Waals surface area contributed by atoms with E-state index in [4.69, 9.17) is 0 Å². The maximum Gasteiger partial charge on any atom is 0.309 e. The number of nitrogens with one attached hydrogen (secondary N) is 1. The molecule has 2 aliphatic rings. The van der Waals surface area contributed by atoms with Crippen molar-refractivity contribution in [2.45, 2.75) is 0 Å². The highest BCUT2D eigenvalue weighted by atomic mass is 16.6. The molecule has 0 aromatic rings. The van der Waals surface area contributed by atoms with E-state index in [1.807, 2.05) is 0 Å². The van der Waals surface area contributed by atoms with Gasteiger partial charge in [0.2, 0.25) is 0 Å². The van der Waals surface area contributed by atoms with Crippen molar-refractivity contribution in [2.75, 3.05) is 13.1 Å². The molecule has 1 amide bonds. The van der Waals surface area contributed by atoms with Crippen LogP contribution >= 0.6 is 0 Å². The molecule has 0 aromatic carbocycles. The van der Waals surface area contributed by atoms with E-state index in [0.717, 1.165) is 0 Å². The van der Waals surface area contributed by atoms with Crippen LogP contribution < -0.4 is 5.32 Å². The molecule has 1 saturated heterocycles. The molecule has 5 heteroatoms. The highest BCUT2D eigenvalue weighted by Gasteiger charge is 2.37. The van der Waals surface area contributed by atoms with Gasteiger partial charge in [-0.2, -0.15) is 4.99 Å². The predicted molar refractivity (Wildman–Crippen MR) is 38.1 cm³/mol. The fourth-order valence-electron chi connectivity index (χ4n) is 1.20. The maximum atomic E-state index is 11.6. The van der Waals surface area contributed by atoms with Crippen LogP contribution in [0.15, 0.2) is 17.3 Å². The van der Waals surface area contributed by atoms with Crippen molar-refractivity contribution < 1.29 is 9.44 Å². The molecule has 58 valence electrons. The molecule has 0 aliphatic carbocycles. The Labute approximate surface area is 63.2 Å². The van der Waals surface area contributed by atoms with E-state index in [1.54, 1.807) is 6.08 Å². The summed E-state index contributed by atoms with van der Waals surface area (Å²) in [6.45, 7) is 0.265. The number of aliphatic imine (C=N–C) groups is 1. The van der Waals surface area contributed by atoms with Crippen molar-refractivity contribution >= 4 is 11.9 Å². The summed E-state index contributed by atoms with van der Waals surface area (Å²) in [6.07, 6.45) is 3.20. The molecule has 5 nitrogen and oxygen atoms in total. The Morgan fingerprint density at radius 2 is 2.55 bits per heavy atom. The van der Waals surface area contributed by atoms with Crippen LogP contribution in [0.2, 0.25) is 0 Å². The number of nitrogens with zero attached hydrogens (tertiary/aromatic N) is 2. The lowest BCUT2D eigenvalue weighted by Crippen LogP contribution is -2.47. The van der Waals surface area contributed by atoms with Gasteiger partial charge in [0, 0.05) is 6.20 Å². The van der Waals surface area contributed by atoms with Crippen LogP contribution in [0.25, 0.3) is 0 Å². The van der Waals surface area contributed by atoms with Gasteiger partial charge in [-0.05, 0) is 6.08 Å². The lowest BCUT2D eigenvalue weighted by Gasteiger charge is -2.35. The third-order valence-electron chi connectivity index (χ3n) is 1.74.